The third-order valence-corrected chi connectivity index (χ3v) is 8.74. The van der Waals surface area contributed by atoms with Crippen LogP contribution in [-0.4, -0.2) is 60.5 Å². The van der Waals surface area contributed by atoms with Crippen molar-refractivity contribution in [1.82, 2.24) is 14.6 Å². The summed E-state index contributed by atoms with van der Waals surface area (Å²) in [6.07, 6.45) is -2.25. The maximum atomic E-state index is 13.9. The van der Waals surface area contributed by atoms with E-state index in [1.807, 2.05) is 34.7 Å². The van der Waals surface area contributed by atoms with E-state index in [-0.39, 0.29) is 11.7 Å². The molecule has 0 radical (unpaired) electrons. The molecule has 5 rings (SSSR count). The van der Waals surface area contributed by atoms with Gasteiger partial charge in [0.1, 0.15) is 5.75 Å². The lowest BCUT2D eigenvalue weighted by Gasteiger charge is -2.39. The van der Waals surface area contributed by atoms with Crippen LogP contribution in [0.25, 0.3) is 16.9 Å². The molecular formula is C28H29ClF3N3O4S. The Balaban J connectivity index is 1.53. The van der Waals surface area contributed by atoms with Crippen molar-refractivity contribution in [2.24, 2.45) is 0 Å². The summed E-state index contributed by atoms with van der Waals surface area (Å²) in [4.78, 5) is 13.9. The molecule has 40 heavy (non-hydrogen) atoms. The number of nitrogens with zero attached hydrogens (tertiary/aromatic N) is 3. The standard InChI is InChI=1S/C28H29ClF3N3O4S/c1-19-25-24(13-17-34(27(25)36)33-15-5-2-6-16-33)35(23-8-4-3-7-22(23)29)26(19)20-9-11-21(12-10-20)39-40(37,38)18-14-28(30,31)32/h3-4,7-12H,2,5-6,13-18H2,1H3. The summed E-state index contributed by atoms with van der Waals surface area (Å²) in [5.74, 6) is -1.34. The molecule has 1 amide bonds. The van der Waals surface area contributed by atoms with Crippen molar-refractivity contribution in [2.45, 2.75) is 45.2 Å². The lowest BCUT2D eigenvalue weighted by molar-refractivity contribution is -0.130. The zero-order valence-electron chi connectivity index (χ0n) is 21.9. The minimum atomic E-state index is -4.61. The Morgan fingerprint density at radius 2 is 1.65 bits per heavy atom. The highest BCUT2D eigenvalue weighted by atomic mass is 35.5. The molecular weight excluding hydrogens is 567 g/mol. The van der Waals surface area contributed by atoms with E-state index >= 15 is 0 Å². The zero-order chi connectivity index (χ0) is 28.7. The van der Waals surface area contributed by atoms with E-state index in [0.29, 0.717) is 34.8 Å². The maximum Gasteiger partial charge on any atom is 0.390 e. The number of carbonyl (C=O) groups is 1. The van der Waals surface area contributed by atoms with E-state index in [1.165, 1.54) is 12.1 Å². The van der Waals surface area contributed by atoms with E-state index in [1.54, 1.807) is 18.2 Å². The lowest BCUT2D eigenvalue weighted by Crippen LogP contribution is -2.51. The summed E-state index contributed by atoms with van der Waals surface area (Å²) in [5, 5.41) is 4.48. The second-order valence-corrected chi connectivity index (χ2v) is 12.1. The van der Waals surface area contributed by atoms with Gasteiger partial charge in [0.05, 0.1) is 34.1 Å². The topological polar surface area (TPSA) is 71.8 Å². The molecule has 7 nitrogen and oxygen atoms in total. The van der Waals surface area contributed by atoms with Crippen LogP contribution in [0.2, 0.25) is 5.02 Å². The van der Waals surface area contributed by atoms with Crippen molar-refractivity contribution in [1.29, 1.82) is 0 Å². The normalized spacial score (nSPS) is 16.7. The van der Waals surface area contributed by atoms with E-state index in [0.717, 1.165) is 49.3 Å². The Kier molecular flexibility index (Phi) is 7.91. The Bertz CT molecular complexity index is 1510. The minimum Gasteiger partial charge on any atom is -0.382 e. The molecule has 0 bridgehead atoms. The first kappa shape index (κ1) is 28.5. The van der Waals surface area contributed by atoms with E-state index in [4.69, 9.17) is 15.8 Å². The Labute approximate surface area is 236 Å². The number of halogens is 4. The van der Waals surface area contributed by atoms with Gasteiger partial charge < -0.3 is 8.75 Å². The summed E-state index contributed by atoms with van der Waals surface area (Å²) < 4.78 is 68.5. The quantitative estimate of drug-likeness (QED) is 0.306. The second kappa shape index (κ2) is 11.1. The molecule has 0 N–H and O–H groups in total. The van der Waals surface area contributed by atoms with Crippen molar-refractivity contribution >= 4 is 27.6 Å². The van der Waals surface area contributed by atoms with Crippen LogP contribution in [0.3, 0.4) is 0 Å². The number of hydrogen-bond donors (Lipinski definition) is 0. The molecule has 0 spiro atoms. The molecule has 0 unspecified atom stereocenters. The first-order chi connectivity index (χ1) is 19.0. The number of carbonyl (C=O) groups excluding carboxylic acids is 1. The predicted molar refractivity (Wildman–Crippen MR) is 146 cm³/mol. The van der Waals surface area contributed by atoms with E-state index in [2.05, 4.69) is 5.01 Å². The van der Waals surface area contributed by atoms with Crippen molar-refractivity contribution < 1.29 is 30.6 Å². The van der Waals surface area contributed by atoms with Gasteiger partial charge in [-0.3, -0.25) is 9.80 Å². The molecule has 1 aromatic heterocycles. The van der Waals surface area contributed by atoms with Gasteiger partial charge in [-0.1, -0.05) is 30.2 Å². The van der Waals surface area contributed by atoms with Crippen LogP contribution in [0.15, 0.2) is 48.5 Å². The van der Waals surface area contributed by atoms with Gasteiger partial charge >= 0.3 is 16.3 Å². The molecule has 0 saturated carbocycles. The van der Waals surface area contributed by atoms with Gasteiger partial charge in [-0.2, -0.15) is 21.6 Å². The van der Waals surface area contributed by atoms with Gasteiger partial charge in [-0.05, 0) is 67.3 Å². The molecule has 2 aliphatic heterocycles. The number of para-hydroxylation sites is 1. The van der Waals surface area contributed by atoms with Crippen LogP contribution in [0.5, 0.6) is 5.75 Å². The summed E-state index contributed by atoms with van der Waals surface area (Å²) in [5.41, 5.74) is 4.31. The number of aromatic nitrogens is 1. The summed E-state index contributed by atoms with van der Waals surface area (Å²) in [7, 11) is -4.43. The van der Waals surface area contributed by atoms with Crippen LogP contribution in [0, 0.1) is 6.92 Å². The number of alkyl halides is 3. The van der Waals surface area contributed by atoms with Crippen LogP contribution < -0.4 is 4.18 Å². The van der Waals surface area contributed by atoms with Crippen LogP contribution in [-0.2, 0) is 16.5 Å². The smallest absolute Gasteiger partial charge is 0.382 e. The maximum absolute atomic E-state index is 13.9. The molecule has 2 aliphatic rings. The Hall–Kier alpha value is -3.02. The summed E-state index contributed by atoms with van der Waals surface area (Å²) in [6.45, 7) is 4.10. The first-order valence-corrected chi connectivity index (χ1v) is 15.1. The van der Waals surface area contributed by atoms with Crippen molar-refractivity contribution in [3.8, 4) is 22.7 Å². The lowest BCUT2D eigenvalue weighted by atomic mass is 10.0. The van der Waals surface area contributed by atoms with Crippen molar-refractivity contribution in [3.05, 3.63) is 70.4 Å². The van der Waals surface area contributed by atoms with Gasteiger partial charge in [-0.15, -0.1) is 0 Å². The second-order valence-electron chi connectivity index (χ2n) is 10.0. The van der Waals surface area contributed by atoms with Gasteiger partial charge in [0.15, 0.2) is 0 Å². The monoisotopic (exact) mass is 595 g/mol. The Morgan fingerprint density at radius 3 is 2.30 bits per heavy atom. The third-order valence-electron chi connectivity index (χ3n) is 7.27. The highest BCUT2D eigenvalue weighted by Gasteiger charge is 2.36. The fourth-order valence-corrected chi connectivity index (χ4v) is 6.63. The largest absolute Gasteiger partial charge is 0.390 e. The number of hydrazine groups is 1. The highest BCUT2D eigenvalue weighted by Crippen LogP contribution is 2.39. The minimum absolute atomic E-state index is 0.0663. The van der Waals surface area contributed by atoms with Gasteiger partial charge in [0.25, 0.3) is 5.91 Å². The summed E-state index contributed by atoms with van der Waals surface area (Å²) >= 11 is 6.63. The van der Waals surface area contributed by atoms with Crippen molar-refractivity contribution in [3.63, 3.8) is 0 Å². The van der Waals surface area contributed by atoms with Crippen LogP contribution in [0.1, 0.15) is 47.3 Å². The van der Waals surface area contributed by atoms with Crippen molar-refractivity contribution in [2.75, 3.05) is 25.4 Å². The fourth-order valence-electron chi connectivity index (χ4n) is 5.44. The molecule has 1 fully saturated rings. The van der Waals surface area contributed by atoms with Gasteiger partial charge in [-0.25, -0.2) is 5.01 Å². The summed E-state index contributed by atoms with van der Waals surface area (Å²) in [6, 6.07) is 13.4. The Morgan fingerprint density at radius 1 is 0.975 bits per heavy atom. The van der Waals surface area contributed by atoms with Gasteiger partial charge in [0, 0.05) is 31.7 Å². The molecule has 2 aromatic carbocycles. The highest BCUT2D eigenvalue weighted by molar-refractivity contribution is 7.87. The third kappa shape index (κ3) is 5.87. The number of hydrogen-bond acceptors (Lipinski definition) is 5. The predicted octanol–water partition coefficient (Wildman–Crippen LogP) is 6.17. The molecule has 1 saturated heterocycles. The average molecular weight is 596 g/mol. The molecule has 3 heterocycles. The number of fused-ring (bicyclic) bond motifs is 1. The van der Waals surface area contributed by atoms with Crippen LogP contribution in [0.4, 0.5) is 13.2 Å². The molecule has 12 heteroatoms. The molecule has 3 aromatic rings. The number of amides is 1. The SMILES string of the molecule is Cc1c2c(n(-c3ccccc3Cl)c1-c1ccc(OS(=O)(=O)CCC(F)(F)F)cc1)CCN(N1CCCCC1)C2=O. The number of piperidine rings is 1. The average Bonchev–Trinajstić information content (AvgIpc) is 3.21. The van der Waals surface area contributed by atoms with E-state index < -0.39 is 28.5 Å². The molecule has 0 atom stereocenters. The first-order valence-electron chi connectivity index (χ1n) is 13.1. The number of rotatable bonds is 7. The van der Waals surface area contributed by atoms with E-state index in [9.17, 15) is 26.4 Å². The van der Waals surface area contributed by atoms with Gasteiger partial charge in [0.2, 0.25) is 0 Å². The fraction of sp³-hybridized carbons (Fsp3) is 0.393. The number of benzene rings is 2. The zero-order valence-corrected chi connectivity index (χ0v) is 23.4. The molecule has 0 aliphatic carbocycles. The van der Waals surface area contributed by atoms with Crippen LogP contribution >= 0.6 is 11.6 Å². The molecule has 214 valence electrons.